The summed E-state index contributed by atoms with van der Waals surface area (Å²) >= 11 is 0. The van der Waals surface area contributed by atoms with Gasteiger partial charge in [-0.2, -0.15) is 0 Å². The van der Waals surface area contributed by atoms with Gasteiger partial charge in [-0.3, -0.25) is 0 Å². The number of esters is 1. The zero-order valence-electron chi connectivity index (χ0n) is 18.1. The van der Waals surface area contributed by atoms with Gasteiger partial charge >= 0.3 is 12.1 Å². The average molecular weight is 447 g/mol. The summed E-state index contributed by atoms with van der Waals surface area (Å²) in [6, 6.07) is 22.1. The quantitative estimate of drug-likeness (QED) is 0.480. The van der Waals surface area contributed by atoms with Crippen LogP contribution in [-0.4, -0.2) is 48.6 Å². The molecule has 0 aromatic heterocycles. The first kappa shape index (κ1) is 22.5. The topological polar surface area (TPSA) is 105 Å². The van der Waals surface area contributed by atoms with Crippen molar-refractivity contribution in [3.63, 3.8) is 0 Å². The smallest absolute Gasteiger partial charge is 0.407 e. The van der Waals surface area contributed by atoms with E-state index in [1.165, 1.54) is 31.4 Å². The molecule has 0 bridgehead atoms. The van der Waals surface area contributed by atoms with E-state index in [2.05, 4.69) is 22.2 Å². The lowest BCUT2D eigenvalue weighted by molar-refractivity contribution is 0.0185. The van der Waals surface area contributed by atoms with Crippen molar-refractivity contribution in [3.05, 3.63) is 95.1 Å². The predicted molar refractivity (Wildman–Crippen MR) is 122 cm³/mol. The van der Waals surface area contributed by atoms with E-state index in [4.69, 9.17) is 4.74 Å². The first-order chi connectivity index (χ1) is 16.0. The average Bonchev–Trinajstić information content (AvgIpc) is 3.18. The molecule has 2 unspecified atom stereocenters. The van der Waals surface area contributed by atoms with Crippen molar-refractivity contribution in [1.29, 1.82) is 0 Å². The number of benzene rings is 3. The molecule has 0 fully saturated rings. The lowest BCUT2D eigenvalue weighted by Gasteiger charge is -2.19. The van der Waals surface area contributed by atoms with Crippen molar-refractivity contribution < 1.29 is 29.3 Å². The van der Waals surface area contributed by atoms with Crippen LogP contribution in [0.25, 0.3) is 11.1 Å². The Kier molecular flexibility index (Phi) is 6.72. The summed E-state index contributed by atoms with van der Waals surface area (Å²) in [7, 11) is 1.28. The third-order valence-corrected chi connectivity index (χ3v) is 5.84. The predicted octanol–water partition coefficient (Wildman–Crippen LogP) is 3.41. The summed E-state index contributed by atoms with van der Waals surface area (Å²) in [6.07, 6.45) is -3.18. The number of hydrogen-bond donors (Lipinski definition) is 3. The summed E-state index contributed by atoms with van der Waals surface area (Å²) in [4.78, 5) is 23.8. The maximum absolute atomic E-state index is 12.3. The fourth-order valence-electron chi connectivity index (χ4n) is 4.11. The second-order valence-corrected chi connectivity index (χ2v) is 7.83. The molecule has 0 heterocycles. The number of alkyl carbamates (subject to hydrolysis) is 1. The molecular formula is C26H25NO6. The number of aliphatic hydroxyl groups is 2. The number of aliphatic hydroxyl groups excluding tert-OH is 2. The van der Waals surface area contributed by atoms with Crippen LogP contribution in [0, 0.1) is 0 Å². The van der Waals surface area contributed by atoms with Gasteiger partial charge in [0, 0.05) is 12.5 Å². The van der Waals surface area contributed by atoms with Crippen molar-refractivity contribution in [1.82, 2.24) is 5.32 Å². The fraction of sp³-hybridized carbons (Fsp3) is 0.231. The Bertz CT molecular complexity index is 1100. The molecule has 0 spiro atoms. The molecule has 0 saturated heterocycles. The van der Waals surface area contributed by atoms with Crippen molar-refractivity contribution in [2.75, 3.05) is 20.3 Å². The van der Waals surface area contributed by atoms with Crippen molar-refractivity contribution in [2.24, 2.45) is 0 Å². The van der Waals surface area contributed by atoms with Crippen LogP contribution in [0.2, 0.25) is 0 Å². The Morgan fingerprint density at radius 3 is 2.06 bits per heavy atom. The number of nitrogens with one attached hydrogen (secondary N) is 1. The van der Waals surface area contributed by atoms with Crippen LogP contribution in [0.3, 0.4) is 0 Å². The molecule has 3 N–H and O–H groups in total. The Hall–Kier alpha value is -3.68. The largest absolute Gasteiger partial charge is 0.465 e. The van der Waals surface area contributed by atoms with Gasteiger partial charge in [-0.1, -0.05) is 60.7 Å². The summed E-state index contributed by atoms with van der Waals surface area (Å²) in [5.74, 6) is -0.555. The van der Waals surface area contributed by atoms with Crippen LogP contribution in [0.1, 0.15) is 39.1 Å². The van der Waals surface area contributed by atoms with E-state index in [9.17, 15) is 19.8 Å². The minimum absolute atomic E-state index is 0.0630. The minimum atomic E-state index is -1.26. The summed E-state index contributed by atoms with van der Waals surface area (Å²) < 4.78 is 10.1. The molecule has 170 valence electrons. The van der Waals surface area contributed by atoms with E-state index in [0.29, 0.717) is 11.1 Å². The van der Waals surface area contributed by atoms with Gasteiger partial charge in [0.05, 0.1) is 12.7 Å². The third-order valence-electron chi connectivity index (χ3n) is 5.84. The second kappa shape index (κ2) is 9.85. The molecule has 7 heteroatoms. The van der Waals surface area contributed by atoms with Gasteiger partial charge in [0.2, 0.25) is 0 Å². The van der Waals surface area contributed by atoms with E-state index < -0.39 is 24.3 Å². The van der Waals surface area contributed by atoms with Gasteiger partial charge in [0.1, 0.15) is 18.8 Å². The van der Waals surface area contributed by atoms with Gasteiger partial charge in [-0.25, -0.2) is 9.59 Å². The molecule has 33 heavy (non-hydrogen) atoms. The van der Waals surface area contributed by atoms with Crippen molar-refractivity contribution >= 4 is 12.1 Å². The third kappa shape index (κ3) is 4.74. The lowest BCUT2D eigenvalue weighted by atomic mass is 9.98. The zero-order chi connectivity index (χ0) is 23.4. The maximum Gasteiger partial charge on any atom is 0.407 e. The van der Waals surface area contributed by atoms with Gasteiger partial charge in [0.25, 0.3) is 0 Å². The lowest BCUT2D eigenvalue weighted by Crippen LogP contribution is -2.36. The van der Waals surface area contributed by atoms with Crippen molar-refractivity contribution in [3.8, 4) is 11.1 Å². The highest BCUT2D eigenvalue weighted by molar-refractivity contribution is 5.89. The number of amides is 1. The molecular weight excluding hydrogens is 422 g/mol. The number of ether oxygens (including phenoxy) is 2. The number of methoxy groups -OCH3 is 1. The first-order valence-electron chi connectivity index (χ1n) is 10.6. The Morgan fingerprint density at radius 2 is 1.48 bits per heavy atom. The van der Waals surface area contributed by atoms with E-state index in [1.54, 1.807) is 0 Å². The number of carbonyl (C=O) groups is 2. The zero-order valence-corrected chi connectivity index (χ0v) is 18.1. The number of hydrogen-bond acceptors (Lipinski definition) is 6. The standard InChI is InChI=1S/C26H25NO6/c1-32-25(30)17-12-10-16(11-13-17)24(29)23(28)14-27-26(31)33-15-22-20-8-4-2-6-18(20)19-7-3-5-9-21(19)22/h2-13,22-24,28-29H,14-15H2,1H3,(H,27,31). The highest BCUT2D eigenvalue weighted by Crippen LogP contribution is 2.44. The highest BCUT2D eigenvalue weighted by atomic mass is 16.5. The van der Waals surface area contributed by atoms with Gasteiger partial charge in [-0.15, -0.1) is 0 Å². The molecule has 2 atom stereocenters. The van der Waals surface area contributed by atoms with Gasteiger partial charge in [0.15, 0.2) is 0 Å². The molecule has 3 aromatic rings. The monoisotopic (exact) mass is 447 g/mol. The maximum atomic E-state index is 12.3. The van der Waals surface area contributed by atoms with E-state index in [0.717, 1.165) is 22.3 Å². The van der Waals surface area contributed by atoms with Gasteiger partial charge < -0.3 is 25.0 Å². The molecule has 1 aliphatic carbocycles. The second-order valence-electron chi connectivity index (χ2n) is 7.83. The number of fused-ring (bicyclic) bond motifs is 3. The molecule has 3 aromatic carbocycles. The Morgan fingerprint density at radius 1 is 0.909 bits per heavy atom. The van der Waals surface area contributed by atoms with Crippen LogP contribution in [0.5, 0.6) is 0 Å². The van der Waals surface area contributed by atoms with Gasteiger partial charge in [-0.05, 0) is 39.9 Å². The molecule has 1 aliphatic rings. The Balaban J connectivity index is 1.31. The summed E-state index contributed by atoms with van der Waals surface area (Å²) in [5.41, 5.74) is 5.23. The molecule has 4 rings (SSSR count). The van der Waals surface area contributed by atoms with E-state index >= 15 is 0 Å². The van der Waals surface area contributed by atoms with Crippen LogP contribution >= 0.6 is 0 Å². The minimum Gasteiger partial charge on any atom is -0.465 e. The van der Waals surface area contributed by atoms with Crippen molar-refractivity contribution in [2.45, 2.75) is 18.1 Å². The molecule has 0 saturated carbocycles. The SMILES string of the molecule is COC(=O)c1ccc(C(O)C(O)CNC(=O)OCC2c3ccccc3-c3ccccc32)cc1. The van der Waals surface area contributed by atoms with Crippen LogP contribution in [0.4, 0.5) is 4.79 Å². The highest BCUT2D eigenvalue weighted by Gasteiger charge is 2.29. The first-order valence-corrected chi connectivity index (χ1v) is 10.6. The summed E-state index contributed by atoms with van der Waals surface area (Å²) in [6.45, 7) is -0.0376. The number of carbonyl (C=O) groups excluding carboxylic acids is 2. The summed E-state index contributed by atoms with van der Waals surface area (Å²) in [5, 5.41) is 23.1. The molecule has 0 radical (unpaired) electrons. The van der Waals surface area contributed by atoms with Crippen LogP contribution in [0.15, 0.2) is 72.8 Å². The van der Waals surface area contributed by atoms with E-state index in [1.807, 2.05) is 36.4 Å². The Labute approximate surface area is 191 Å². The molecule has 7 nitrogen and oxygen atoms in total. The van der Waals surface area contributed by atoms with E-state index in [-0.39, 0.29) is 19.1 Å². The normalized spacial score (nSPS) is 14.0. The molecule has 1 amide bonds. The van der Waals surface area contributed by atoms with Crippen LogP contribution < -0.4 is 5.32 Å². The number of rotatable bonds is 7. The molecule has 0 aliphatic heterocycles. The van der Waals surface area contributed by atoms with Crippen LogP contribution in [-0.2, 0) is 9.47 Å². The fourth-order valence-corrected chi connectivity index (χ4v) is 4.11.